The summed E-state index contributed by atoms with van der Waals surface area (Å²) in [6.45, 7) is 0. The molecule has 0 radical (unpaired) electrons. The smallest absolute Gasteiger partial charge is 0.138 e. The molecule has 0 aliphatic heterocycles. The maximum atomic E-state index is 5.93. The van der Waals surface area contributed by atoms with E-state index in [9.17, 15) is 0 Å². The zero-order chi connectivity index (χ0) is 11.8. The highest BCUT2D eigenvalue weighted by molar-refractivity contribution is 6.31. The average molecular weight is 244 g/mol. The second-order valence-electron chi connectivity index (χ2n) is 3.87. The van der Waals surface area contributed by atoms with Crippen LogP contribution >= 0.6 is 11.6 Å². The fraction of sp³-hybridized carbons (Fsp3) is 0. The van der Waals surface area contributed by atoms with Crippen molar-refractivity contribution in [3.05, 3.63) is 47.5 Å². The van der Waals surface area contributed by atoms with E-state index >= 15 is 0 Å². The number of H-pyrrole nitrogens is 1. The molecule has 0 bridgehead atoms. The predicted molar refractivity (Wildman–Crippen MR) is 71.0 cm³/mol. The largest absolute Gasteiger partial charge is 0.399 e. The highest BCUT2D eigenvalue weighted by Gasteiger charge is 2.05. The summed E-state index contributed by atoms with van der Waals surface area (Å²) < 4.78 is 0. The van der Waals surface area contributed by atoms with Crippen LogP contribution in [0.15, 0.2) is 42.5 Å². The number of halogens is 1. The molecule has 0 aliphatic carbocycles. The van der Waals surface area contributed by atoms with Crippen molar-refractivity contribution in [3.63, 3.8) is 0 Å². The molecule has 1 aromatic heterocycles. The number of fused-ring (bicyclic) bond motifs is 1. The minimum Gasteiger partial charge on any atom is -0.399 e. The summed E-state index contributed by atoms with van der Waals surface area (Å²) in [5, 5.41) is 0.699. The SMILES string of the molecule is Nc1ccc(-c2nc3ccc(Cl)cc3[nH]2)cc1. The number of rotatable bonds is 1. The fourth-order valence-corrected chi connectivity index (χ4v) is 1.93. The first-order chi connectivity index (χ1) is 8.22. The van der Waals surface area contributed by atoms with Crippen molar-refractivity contribution >= 4 is 28.3 Å². The number of benzene rings is 2. The topological polar surface area (TPSA) is 54.7 Å². The van der Waals surface area contributed by atoms with Gasteiger partial charge in [0.05, 0.1) is 11.0 Å². The summed E-state index contributed by atoms with van der Waals surface area (Å²) in [4.78, 5) is 7.73. The van der Waals surface area contributed by atoms with E-state index in [1.165, 1.54) is 0 Å². The molecule has 0 fully saturated rings. The Balaban J connectivity index is 2.14. The molecule has 0 atom stereocenters. The Morgan fingerprint density at radius 2 is 1.82 bits per heavy atom. The van der Waals surface area contributed by atoms with Gasteiger partial charge in [-0.3, -0.25) is 0 Å². The Labute approximate surface area is 103 Å². The van der Waals surface area contributed by atoms with Gasteiger partial charge in [-0.1, -0.05) is 11.6 Å². The molecule has 84 valence electrons. The van der Waals surface area contributed by atoms with E-state index in [2.05, 4.69) is 9.97 Å². The highest BCUT2D eigenvalue weighted by Crippen LogP contribution is 2.23. The van der Waals surface area contributed by atoms with Crippen LogP contribution in [0.5, 0.6) is 0 Å². The normalized spacial score (nSPS) is 10.9. The van der Waals surface area contributed by atoms with Crippen LogP contribution in [0.3, 0.4) is 0 Å². The molecule has 0 saturated carbocycles. The van der Waals surface area contributed by atoms with Crippen molar-refractivity contribution in [1.29, 1.82) is 0 Å². The number of aromatic amines is 1. The minimum atomic E-state index is 0.699. The van der Waals surface area contributed by atoms with Gasteiger partial charge < -0.3 is 10.7 Å². The van der Waals surface area contributed by atoms with Gasteiger partial charge in [0.25, 0.3) is 0 Å². The van der Waals surface area contributed by atoms with Crippen molar-refractivity contribution in [2.75, 3.05) is 5.73 Å². The van der Waals surface area contributed by atoms with Crippen LogP contribution in [-0.4, -0.2) is 9.97 Å². The van der Waals surface area contributed by atoms with Gasteiger partial charge in [-0.05, 0) is 42.5 Å². The van der Waals surface area contributed by atoms with E-state index in [4.69, 9.17) is 17.3 Å². The number of nitrogens with two attached hydrogens (primary N) is 1. The number of nitrogens with one attached hydrogen (secondary N) is 1. The third kappa shape index (κ3) is 1.85. The Morgan fingerprint density at radius 1 is 1.06 bits per heavy atom. The van der Waals surface area contributed by atoms with Gasteiger partial charge in [-0.15, -0.1) is 0 Å². The number of hydrogen-bond acceptors (Lipinski definition) is 2. The second kappa shape index (κ2) is 3.79. The molecule has 0 aliphatic rings. The fourth-order valence-electron chi connectivity index (χ4n) is 1.76. The summed E-state index contributed by atoms with van der Waals surface area (Å²) in [7, 11) is 0. The lowest BCUT2D eigenvalue weighted by Gasteiger charge is -1.96. The summed E-state index contributed by atoms with van der Waals surface area (Å²) in [6.07, 6.45) is 0. The molecule has 17 heavy (non-hydrogen) atoms. The lowest BCUT2D eigenvalue weighted by molar-refractivity contribution is 1.34. The van der Waals surface area contributed by atoms with Crippen LogP contribution in [0.4, 0.5) is 5.69 Å². The van der Waals surface area contributed by atoms with Crippen molar-refractivity contribution < 1.29 is 0 Å². The van der Waals surface area contributed by atoms with Crippen molar-refractivity contribution in [2.24, 2.45) is 0 Å². The molecule has 3 rings (SSSR count). The van der Waals surface area contributed by atoms with E-state index < -0.39 is 0 Å². The summed E-state index contributed by atoms with van der Waals surface area (Å²) in [6, 6.07) is 13.2. The molecule has 0 unspecified atom stereocenters. The van der Waals surface area contributed by atoms with Crippen LogP contribution in [0.25, 0.3) is 22.4 Å². The average Bonchev–Trinajstić information content (AvgIpc) is 2.72. The molecule has 0 saturated heterocycles. The summed E-state index contributed by atoms with van der Waals surface area (Å²) >= 11 is 5.93. The van der Waals surface area contributed by atoms with Gasteiger partial charge >= 0.3 is 0 Å². The van der Waals surface area contributed by atoms with E-state index in [1.54, 1.807) is 0 Å². The third-order valence-electron chi connectivity index (χ3n) is 2.63. The van der Waals surface area contributed by atoms with Crippen LogP contribution in [0.2, 0.25) is 5.02 Å². The predicted octanol–water partition coefficient (Wildman–Crippen LogP) is 3.47. The van der Waals surface area contributed by atoms with E-state index in [1.807, 2.05) is 42.5 Å². The standard InChI is InChI=1S/C13H10ClN3/c14-9-3-6-11-12(7-9)17-13(16-11)8-1-4-10(15)5-2-8/h1-7H,15H2,(H,16,17). The highest BCUT2D eigenvalue weighted by atomic mass is 35.5. The molecular formula is C13H10ClN3. The third-order valence-corrected chi connectivity index (χ3v) is 2.86. The minimum absolute atomic E-state index is 0.699. The number of imidazole rings is 1. The first-order valence-electron chi connectivity index (χ1n) is 5.23. The number of nitrogens with zero attached hydrogens (tertiary/aromatic N) is 1. The van der Waals surface area contributed by atoms with Gasteiger partial charge in [0.1, 0.15) is 5.82 Å². The van der Waals surface area contributed by atoms with Crippen LogP contribution < -0.4 is 5.73 Å². The van der Waals surface area contributed by atoms with Crippen molar-refractivity contribution in [2.45, 2.75) is 0 Å². The zero-order valence-corrected chi connectivity index (χ0v) is 9.70. The van der Waals surface area contributed by atoms with Gasteiger partial charge in [0, 0.05) is 16.3 Å². The van der Waals surface area contributed by atoms with Crippen LogP contribution in [0.1, 0.15) is 0 Å². The maximum Gasteiger partial charge on any atom is 0.138 e. The monoisotopic (exact) mass is 243 g/mol. The number of hydrogen-bond donors (Lipinski definition) is 2. The van der Waals surface area contributed by atoms with E-state index in [0.717, 1.165) is 28.1 Å². The molecule has 3 N–H and O–H groups in total. The van der Waals surface area contributed by atoms with Crippen molar-refractivity contribution in [1.82, 2.24) is 9.97 Å². The molecular weight excluding hydrogens is 234 g/mol. The second-order valence-corrected chi connectivity index (χ2v) is 4.31. The lowest BCUT2D eigenvalue weighted by atomic mass is 10.2. The van der Waals surface area contributed by atoms with Crippen molar-refractivity contribution in [3.8, 4) is 11.4 Å². The molecule has 3 aromatic rings. The summed E-state index contributed by atoms with van der Waals surface area (Å²) in [5.41, 5.74) is 9.24. The Bertz CT molecular complexity index is 671. The first kappa shape index (κ1) is 10.2. The number of anilines is 1. The Hall–Kier alpha value is -2.00. The quantitative estimate of drug-likeness (QED) is 0.643. The number of aromatic nitrogens is 2. The molecule has 1 heterocycles. The molecule has 3 nitrogen and oxygen atoms in total. The first-order valence-corrected chi connectivity index (χ1v) is 5.61. The molecule has 0 amide bonds. The van der Waals surface area contributed by atoms with Gasteiger partial charge in [-0.25, -0.2) is 4.98 Å². The summed E-state index contributed by atoms with van der Waals surface area (Å²) in [5.74, 6) is 0.822. The van der Waals surface area contributed by atoms with E-state index in [0.29, 0.717) is 5.02 Å². The Kier molecular flexibility index (Phi) is 2.27. The molecule has 2 aromatic carbocycles. The molecule has 4 heteroatoms. The van der Waals surface area contributed by atoms with E-state index in [-0.39, 0.29) is 0 Å². The van der Waals surface area contributed by atoms with Crippen LogP contribution in [0, 0.1) is 0 Å². The van der Waals surface area contributed by atoms with Gasteiger partial charge in [0.2, 0.25) is 0 Å². The lowest BCUT2D eigenvalue weighted by Crippen LogP contribution is -1.84. The Morgan fingerprint density at radius 3 is 2.59 bits per heavy atom. The zero-order valence-electron chi connectivity index (χ0n) is 8.94. The van der Waals surface area contributed by atoms with Gasteiger partial charge in [0.15, 0.2) is 0 Å². The maximum absolute atomic E-state index is 5.93. The van der Waals surface area contributed by atoms with Gasteiger partial charge in [-0.2, -0.15) is 0 Å². The van der Waals surface area contributed by atoms with Crippen LogP contribution in [-0.2, 0) is 0 Å². The number of nitrogen functional groups attached to an aromatic ring is 1. The molecule has 0 spiro atoms.